The van der Waals surface area contributed by atoms with Gasteiger partial charge in [0.1, 0.15) is 0 Å². The van der Waals surface area contributed by atoms with Crippen LogP contribution in [0.1, 0.15) is 39.5 Å². The van der Waals surface area contributed by atoms with Crippen LogP contribution in [0.4, 0.5) is 0 Å². The summed E-state index contributed by atoms with van der Waals surface area (Å²) in [7, 11) is 3.20. The second-order valence-corrected chi connectivity index (χ2v) is 5.04. The van der Waals surface area contributed by atoms with Gasteiger partial charge in [-0.3, -0.25) is 0 Å². The van der Waals surface area contributed by atoms with Gasteiger partial charge in [-0.2, -0.15) is 5.26 Å². The molecule has 0 aliphatic rings. The van der Waals surface area contributed by atoms with Crippen LogP contribution in [-0.2, 0) is 0 Å². The number of rotatable bonds is 9. The molecular formula is C17H25NO3. The molecule has 0 saturated heterocycles. The smallest absolute Gasteiger partial charge is 0.203 e. The molecule has 1 rings (SSSR count). The van der Waals surface area contributed by atoms with Crippen LogP contribution in [0.3, 0.4) is 0 Å². The lowest BCUT2D eigenvalue weighted by molar-refractivity contribution is 0.247. The van der Waals surface area contributed by atoms with Crippen molar-refractivity contribution in [2.24, 2.45) is 5.41 Å². The van der Waals surface area contributed by atoms with Gasteiger partial charge in [-0.15, -0.1) is 0 Å². The topological polar surface area (TPSA) is 51.5 Å². The number of methoxy groups -OCH3 is 2. The monoisotopic (exact) mass is 291 g/mol. The van der Waals surface area contributed by atoms with Crippen molar-refractivity contribution >= 4 is 0 Å². The van der Waals surface area contributed by atoms with Gasteiger partial charge in [0.05, 0.1) is 32.3 Å². The zero-order valence-electron chi connectivity index (χ0n) is 13.4. The van der Waals surface area contributed by atoms with Crippen molar-refractivity contribution in [1.29, 1.82) is 5.26 Å². The summed E-state index contributed by atoms with van der Waals surface area (Å²) in [6.07, 6.45) is 3.45. The van der Waals surface area contributed by atoms with Crippen molar-refractivity contribution in [3.05, 3.63) is 18.2 Å². The molecule has 0 aliphatic carbocycles. The van der Waals surface area contributed by atoms with Gasteiger partial charge in [0.2, 0.25) is 5.75 Å². The van der Waals surface area contributed by atoms with E-state index in [1.165, 1.54) is 0 Å². The van der Waals surface area contributed by atoms with Crippen molar-refractivity contribution in [3.8, 4) is 23.3 Å². The summed E-state index contributed by atoms with van der Waals surface area (Å²) in [5.74, 6) is 1.94. The molecule has 4 heteroatoms. The van der Waals surface area contributed by atoms with Gasteiger partial charge in [-0.25, -0.2) is 0 Å². The van der Waals surface area contributed by atoms with Crippen molar-refractivity contribution < 1.29 is 14.2 Å². The first-order chi connectivity index (χ1) is 10.2. The molecule has 0 atom stereocenters. The Labute approximate surface area is 127 Å². The highest BCUT2D eigenvalue weighted by atomic mass is 16.5. The van der Waals surface area contributed by atoms with E-state index in [1.54, 1.807) is 14.2 Å². The maximum Gasteiger partial charge on any atom is 0.203 e. The average molecular weight is 291 g/mol. The van der Waals surface area contributed by atoms with E-state index in [0.717, 1.165) is 25.7 Å². The van der Waals surface area contributed by atoms with Gasteiger partial charge in [-0.1, -0.05) is 19.9 Å². The van der Waals surface area contributed by atoms with Gasteiger partial charge >= 0.3 is 0 Å². The zero-order valence-corrected chi connectivity index (χ0v) is 13.4. The lowest BCUT2D eigenvalue weighted by Gasteiger charge is -2.23. The van der Waals surface area contributed by atoms with Crippen LogP contribution < -0.4 is 14.2 Å². The van der Waals surface area contributed by atoms with Gasteiger partial charge in [0.15, 0.2) is 11.5 Å². The van der Waals surface area contributed by atoms with E-state index in [-0.39, 0.29) is 5.41 Å². The first kappa shape index (κ1) is 17.2. The van der Waals surface area contributed by atoms with Gasteiger partial charge in [0, 0.05) is 0 Å². The highest BCUT2D eigenvalue weighted by Crippen LogP contribution is 2.37. The molecule has 0 saturated carbocycles. The molecule has 0 fully saturated rings. The second-order valence-electron chi connectivity index (χ2n) is 5.04. The van der Waals surface area contributed by atoms with Crippen molar-refractivity contribution in [2.45, 2.75) is 39.5 Å². The predicted molar refractivity (Wildman–Crippen MR) is 82.9 cm³/mol. The summed E-state index contributed by atoms with van der Waals surface area (Å²) in [6, 6.07) is 8.02. The molecule has 4 nitrogen and oxygen atoms in total. The number of hydrogen-bond acceptors (Lipinski definition) is 4. The Morgan fingerprint density at radius 1 is 1.10 bits per heavy atom. The Kier molecular flexibility index (Phi) is 6.87. The van der Waals surface area contributed by atoms with Crippen LogP contribution >= 0.6 is 0 Å². The molecule has 0 amide bonds. The summed E-state index contributed by atoms with van der Waals surface area (Å²) in [6.45, 7) is 4.70. The SMILES string of the molecule is CCC(C#N)(CC)CCCOc1cccc(OC)c1OC. The normalized spacial score (nSPS) is 10.8. The minimum absolute atomic E-state index is 0.220. The number of benzene rings is 1. The summed E-state index contributed by atoms with van der Waals surface area (Å²) < 4.78 is 16.4. The number of nitriles is 1. The summed E-state index contributed by atoms with van der Waals surface area (Å²) in [5.41, 5.74) is -0.220. The van der Waals surface area contributed by atoms with Crippen LogP contribution in [0.25, 0.3) is 0 Å². The van der Waals surface area contributed by atoms with E-state index in [1.807, 2.05) is 18.2 Å². The molecule has 21 heavy (non-hydrogen) atoms. The van der Waals surface area contributed by atoms with Crippen molar-refractivity contribution in [3.63, 3.8) is 0 Å². The first-order valence-corrected chi connectivity index (χ1v) is 7.41. The molecule has 0 aromatic heterocycles. The molecule has 116 valence electrons. The van der Waals surface area contributed by atoms with Gasteiger partial charge < -0.3 is 14.2 Å². The fourth-order valence-corrected chi connectivity index (χ4v) is 2.38. The third kappa shape index (κ3) is 4.29. The van der Waals surface area contributed by atoms with E-state index >= 15 is 0 Å². The molecule has 0 unspecified atom stereocenters. The lowest BCUT2D eigenvalue weighted by Crippen LogP contribution is -2.17. The van der Waals surface area contributed by atoms with E-state index in [0.29, 0.717) is 23.9 Å². The third-order valence-electron chi connectivity index (χ3n) is 4.01. The average Bonchev–Trinajstić information content (AvgIpc) is 2.55. The quantitative estimate of drug-likeness (QED) is 0.640. The molecule has 0 aliphatic heterocycles. The van der Waals surface area contributed by atoms with Crippen LogP contribution in [-0.4, -0.2) is 20.8 Å². The van der Waals surface area contributed by atoms with Crippen LogP contribution in [0.15, 0.2) is 18.2 Å². The van der Waals surface area contributed by atoms with Crippen molar-refractivity contribution in [1.82, 2.24) is 0 Å². The minimum atomic E-state index is -0.220. The van der Waals surface area contributed by atoms with Crippen molar-refractivity contribution in [2.75, 3.05) is 20.8 Å². The molecule has 0 heterocycles. The highest BCUT2D eigenvalue weighted by molar-refractivity contribution is 5.50. The summed E-state index contributed by atoms with van der Waals surface area (Å²) in [5, 5.41) is 9.32. The lowest BCUT2D eigenvalue weighted by atomic mass is 9.80. The number of nitrogens with zero attached hydrogens (tertiary/aromatic N) is 1. The Morgan fingerprint density at radius 3 is 2.29 bits per heavy atom. The van der Waals surface area contributed by atoms with E-state index in [9.17, 15) is 5.26 Å². The minimum Gasteiger partial charge on any atom is -0.493 e. The summed E-state index contributed by atoms with van der Waals surface area (Å²) in [4.78, 5) is 0. The zero-order chi connectivity index (χ0) is 15.7. The standard InChI is InChI=1S/C17H25NO3/c1-5-17(6-2,13-18)11-8-12-21-15-10-7-9-14(19-3)16(15)20-4/h7,9-10H,5-6,8,11-12H2,1-4H3. The number of hydrogen-bond donors (Lipinski definition) is 0. The molecular weight excluding hydrogens is 266 g/mol. The van der Waals surface area contributed by atoms with Crippen LogP contribution in [0.5, 0.6) is 17.2 Å². The third-order valence-corrected chi connectivity index (χ3v) is 4.01. The fraction of sp³-hybridized carbons (Fsp3) is 0.588. The Morgan fingerprint density at radius 2 is 1.76 bits per heavy atom. The first-order valence-electron chi connectivity index (χ1n) is 7.41. The Balaban J connectivity index is 2.59. The van der Waals surface area contributed by atoms with E-state index in [2.05, 4.69) is 19.9 Å². The molecule has 0 spiro atoms. The Hall–Kier alpha value is -1.89. The van der Waals surface area contributed by atoms with Crippen LogP contribution in [0.2, 0.25) is 0 Å². The Bertz CT molecular complexity index is 475. The number of ether oxygens (including phenoxy) is 3. The maximum absolute atomic E-state index is 9.32. The fourth-order valence-electron chi connectivity index (χ4n) is 2.38. The summed E-state index contributed by atoms with van der Waals surface area (Å²) >= 11 is 0. The largest absolute Gasteiger partial charge is 0.493 e. The van der Waals surface area contributed by atoms with Crippen LogP contribution in [0, 0.1) is 16.7 Å². The predicted octanol–water partition coefficient (Wildman–Crippen LogP) is 4.19. The molecule has 0 N–H and O–H groups in total. The molecule has 0 radical (unpaired) electrons. The number of para-hydroxylation sites is 1. The van der Waals surface area contributed by atoms with Gasteiger partial charge in [0.25, 0.3) is 0 Å². The van der Waals surface area contributed by atoms with Gasteiger partial charge in [-0.05, 0) is 37.8 Å². The molecule has 1 aromatic rings. The van der Waals surface area contributed by atoms with E-state index < -0.39 is 0 Å². The van der Waals surface area contributed by atoms with E-state index in [4.69, 9.17) is 14.2 Å². The highest BCUT2D eigenvalue weighted by Gasteiger charge is 2.25. The second kappa shape index (κ2) is 8.41. The molecule has 0 bridgehead atoms. The maximum atomic E-state index is 9.32. The molecule has 1 aromatic carbocycles.